The lowest BCUT2D eigenvalue weighted by Gasteiger charge is -2.26. The van der Waals surface area contributed by atoms with Gasteiger partial charge in [0.2, 0.25) is 0 Å². The lowest BCUT2D eigenvalue weighted by molar-refractivity contribution is -0.132. The van der Waals surface area contributed by atoms with Crippen molar-refractivity contribution in [3.63, 3.8) is 0 Å². The van der Waals surface area contributed by atoms with Gasteiger partial charge in [0.05, 0.1) is 36.4 Å². The molecule has 204 valence electrons. The Morgan fingerprint density at radius 1 is 0.949 bits per heavy atom. The van der Waals surface area contributed by atoms with Gasteiger partial charge in [0.15, 0.2) is 11.5 Å². The number of ketones is 1. The summed E-state index contributed by atoms with van der Waals surface area (Å²) in [5.41, 5.74) is 3.16. The average Bonchev–Trinajstić information content (AvgIpc) is 3.18. The van der Waals surface area contributed by atoms with E-state index in [9.17, 15) is 14.7 Å². The molecule has 39 heavy (non-hydrogen) atoms. The first-order valence-electron chi connectivity index (χ1n) is 12.3. The summed E-state index contributed by atoms with van der Waals surface area (Å²) in [5.74, 6) is -1.55. The molecule has 9 heteroatoms. The van der Waals surface area contributed by atoms with Crippen LogP contribution in [0.15, 0.2) is 60.2 Å². The van der Waals surface area contributed by atoms with Gasteiger partial charge in [-0.2, -0.15) is 0 Å². The van der Waals surface area contributed by atoms with E-state index in [1.54, 1.807) is 12.1 Å². The SMILES string of the molecule is COc1c(Cl)cc(/C(O)=C2\C(=O)C(=O)N(c3ccc(N(C)C)cc3)C2c2ccc(C(C)C)cc2)c(OC)c1Cl. The van der Waals surface area contributed by atoms with Gasteiger partial charge in [-0.3, -0.25) is 14.5 Å². The minimum absolute atomic E-state index is 0.0281. The molecule has 1 fully saturated rings. The van der Waals surface area contributed by atoms with Crippen LogP contribution in [0, 0.1) is 0 Å². The predicted octanol–water partition coefficient (Wildman–Crippen LogP) is 6.83. The molecule has 0 spiro atoms. The van der Waals surface area contributed by atoms with Gasteiger partial charge in [0.25, 0.3) is 11.7 Å². The molecule has 0 aliphatic carbocycles. The third-order valence-electron chi connectivity index (χ3n) is 6.80. The Balaban J connectivity index is 1.98. The largest absolute Gasteiger partial charge is 0.507 e. The van der Waals surface area contributed by atoms with E-state index in [2.05, 4.69) is 13.8 Å². The van der Waals surface area contributed by atoms with Crippen LogP contribution in [0.2, 0.25) is 10.0 Å². The first kappa shape index (κ1) is 28.3. The second-order valence-electron chi connectivity index (χ2n) is 9.69. The number of Topliss-reactive ketones (excluding diaryl/α,β-unsaturated/α-hetero) is 1. The smallest absolute Gasteiger partial charge is 0.300 e. The van der Waals surface area contributed by atoms with E-state index >= 15 is 0 Å². The zero-order valence-corrected chi connectivity index (χ0v) is 24.1. The molecule has 4 rings (SSSR count). The number of benzene rings is 3. The molecule has 0 saturated carbocycles. The van der Waals surface area contributed by atoms with Crippen molar-refractivity contribution in [3.8, 4) is 11.5 Å². The Labute approximate surface area is 238 Å². The molecule has 3 aromatic carbocycles. The third kappa shape index (κ3) is 5.04. The third-order valence-corrected chi connectivity index (χ3v) is 7.43. The number of ether oxygens (including phenoxy) is 2. The molecule has 0 radical (unpaired) electrons. The summed E-state index contributed by atoms with van der Waals surface area (Å²) in [6, 6.07) is 15.4. The average molecular weight is 569 g/mol. The number of carbonyl (C=O) groups is 2. The second-order valence-corrected chi connectivity index (χ2v) is 10.5. The number of amides is 1. The molecule has 0 bridgehead atoms. The van der Waals surface area contributed by atoms with Crippen LogP contribution in [0.4, 0.5) is 11.4 Å². The summed E-state index contributed by atoms with van der Waals surface area (Å²) >= 11 is 12.8. The van der Waals surface area contributed by atoms with Crippen LogP contribution in [0.1, 0.15) is 42.5 Å². The fourth-order valence-electron chi connectivity index (χ4n) is 4.68. The van der Waals surface area contributed by atoms with Gasteiger partial charge in [-0.25, -0.2) is 0 Å². The van der Waals surface area contributed by atoms with Gasteiger partial charge in [-0.05, 0) is 47.4 Å². The van der Waals surface area contributed by atoms with Crippen molar-refractivity contribution in [3.05, 3.63) is 86.9 Å². The Bertz CT molecular complexity index is 1450. The van der Waals surface area contributed by atoms with Crippen LogP contribution < -0.4 is 19.3 Å². The number of anilines is 2. The maximum atomic E-state index is 13.6. The van der Waals surface area contributed by atoms with Crippen molar-refractivity contribution in [2.24, 2.45) is 0 Å². The maximum Gasteiger partial charge on any atom is 0.300 e. The number of carbonyl (C=O) groups excluding carboxylic acids is 2. The van der Waals surface area contributed by atoms with E-state index in [1.165, 1.54) is 25.2 Å². The molecule has 1 amide bonds. The number of hydrogen-bond donors (Lipinski definition) is 1. The van der Waals surface area contributed by atoms with Crippen molar-refractivity contribution in [1.82, 2.24) is 0 Å². The summed E-state index contributed by atoms with van der Waals surface area (Å²) in [4.78, 5) is 30.5. The molecule has 1 aliphatic rings. The van der Waals surface area contributed by atoms with Gasteiger partial charge in [0.1, 0.15) is 10.8 Å². The van der Waals surface area contributed by atoms with Crippen LogP contribution in [-0.2, 0) is 9.59 Å². The number of rotatable bonds is 7. The minimum atomic E-state index is -0.916. The summed E-state index contributed by atoms with van der Waals surface area (Å²) in [7, 11) is 6.60. The lowest BCUT2D eigenvalue weighted by atomic mass is 9.92. The quantitative estimate of drug-likeness (QED) is 0.191. The van der Waals surface area contributed by atoms with Gasteiger partial charge in [0, 0.05) is 25.5 Å². The first-order chi connectivity index (χ1) is 18.5. The normalized spacial score (nSPS) is 16.6. The predicted molar refractivity (Wildman–Crippen MR) is 156 cm³/mol. The van der Waals surface area contributed by atoms with Gasteiger partial charge < -0.3 is 19.5 Å². The van der Waals surface area contributed by atoms with Crippen LogP contribution in [0.5, 0.6) is 11.5 Å². The highest BCUT2D eigenvalue weighted by atomic mass is 35.5. The highest BCUT2D eigenvalue weighted by molar-refractivity contribution is 6.52. The lowest BCUT2D eigenvalue weighted by Crippen LogP contribution is -2.29. The molecule has 1 aliphatic heterocycles. The molecule has 1 N–H and O–H groups in total. The number of nitrogens with zero attached hydrogens (tertiary/aromatic N) is 2. The second kappa shape index (κ2) is 11.2. The van der Waals surface area contributed by atoms with E-state index in [0.29, 0.717) is 11.3 Å². The van der Waals surface area contributed by atoms with Crippen LogP contribution >= 0.6 is 23.2 Å². The minimum Gasteiger partial charge on any atom is -0.507 e. The molecule has 3 aromatic rings. The summed E-state index contributed by atoms with van der Waals surface area (Å²) in [6.07, 6.45) is 0. The molecule has 1 heterocycles. The summed E-state index contributed by atoms with van der Waals surface area (Å²) in [6.45, 7) is 4.16. The fourth-order valence-corrected chi connectivity index (χ4v) is 5.37. The highest BCUT2D eigenvalue weighted by Gasteiger charge is 2.47. The summed E-state index contributed by atoms with van der Waals surface area (Å²) in [5, 5.41) is 11.8. The van der Waals surface area contributed by atoms with E-state index in [4.69, 9.17) is 32.7 Å². The maximum absolute atomic E-state index is 13.6. The standard InChI is InChI=1S/C30H30Cl2N2O5/c1-16(2)17-7-9-18(10-8-17)25-23(26(35)21-15-22(31)29(39-6)24(32)28(21)38-5)27(36)30(37)34(25)20-13-11-19(12-14-20)33(3)4/h7-16,25,35H,1-6H3/b26-23+. The number of aliphatic hydroxyl groups is 1. The van der Waals surface area contributed by atoms with Crippen LogP contribution in [0.25, 0.3) is 5.76 Å². The number of aliphatic hydroxyl groups excluding tert-OH is 1. The topological polar surface area (TPSA) is 79.3 Å². The van der Waals surface area contributed by atoms with Crippen molar-refractivity contribution in [2.75, 3.05) is 38.1 Å². The fraction of sp³-hybridized carbons (Fsp3) is 0.267. The van der Waals surface area contributed by atoms with E-state index in [-0.39, 0.29) is 38.6 Å². The number of methoxy groups -OCH3 is 2. The van der Waals surface area contributed by atoms with Crippen molar-refractivity contribution >= 4 is 52.0 Å². The molecule has 1 saturated heterocycles. The molecular formula is C30H30Cl2N2O5. The van der Waals surface area contributed by atoms with E-state index in [1.807, 2.05) is 55.4 Å². The van der Waals surface area contributed by atoms with Crippen molar-refractivity contribution in [2.45, 2.75) is 25.8 Å². The van der Waals surface area contributed by atoms with Gasteiger partial charge in [-0.15, -0.1) is 0 Å². The highest BCUT2D eigenvalue weighted by Crippen LogP contribution is 2.48. The van der Waals surface area contributed by atoms with Crippen molar-refractivity contribution in [1.29, 1.82) is 0 Å². The summed E-state index contributed by atoms with van der Waals surface area (Å²) < 4.78 is 10.7. The van der Waals surface area contributed by atoms with Crippen LogP contribution in [-0.4, -0.2) is 45.1 Å². The Hall–Kier alpha value is -3.68. The molecule has 1 atom stereocenters. The molecule has 7 nitrogen and oxygen atoms in total. The first-order valence-corrected chi connectivity index (χ1v) is 13.1. The monoisotopic (exact) mass is 568 g/mol. The molecule has 0 aromatic heterocycles. The molecular weight excluding hydrogens is 539 g/mol. The zero-order valence-electron chi connectivity index (χ0n) is 22.6. The number of halogens is 2. The van der Waals surface area contributed by atoms with E-state index in [0.717, 1.165) is 11.3 Å². The Morgan fingerprint density at radius 3 is 2.05 bits per heavy atom. The molecule has 1 unspecified atom stereocenters. The van der Waals surface area contributed by atoms with Crippen LogP contribution in [0.3, 0.4) is 0 Å². The zero-order chi connectivity index (χ0) is 28.6. The van der Waals surface area contributed by atoms with E-state index < -0.39 is 23.5 Å². The Morgan fingerprint density at radius 2 is 1.54 bits per heavy atom. The van der Waals surface area contributed by atoms with Crippen molar-refractivity contribution < 1.29 is 24.2 Å². The van der Waals surface area contributed by atoms with Gasteiger partial charge in [-0.1, -0.05) is 61.3 Å². The Kier molecular flexibility index (Phi) is 8.14. The number of hydrogen-bond acceptors (Lipinski definition) is 6. The van der Waals surface area contributed by atoms with Gasteiger partial charge >= 0.3 is 0 Å².